The molecule has 116 valence electrons. The van der Waals surface area contributed by atoms with E-state index < -0.39 is 0 Å². The molecule has 0 fully saturated rings. The van der Waals surface area contributed by atoms with Gasteiger partial charge in [-0.15, -0.1) is 0 Å². The van der Waals surface area contributed by atoms with Crippen molar-refractivity contribution in [2.24, 2.45) is 0 Å². The molecule has 1 aliphatic heterocycles. The van der Waals surface area contributed by atoms with Gasteiger partial charge in [0.2, 0.25) is 0 Å². The predicted octanol–water partition coefficient (Wildman–Crippen LogP) is 5.06. The molecule has 3 aromatic carbocycles. The van der Waals surface area contributed by atoms with Crippen LogP contribution in [0.3, 0.4) is 0 Å². The highest BCUT2D eigenvalue weighted by Crippen LogP contribution is 2.42. The van der Waals surface area contributed by atoms with Crippen molar-refractivity contribution in [2.45, 2.75) is 33.4 Å². The zero-order chi connectivity index (χ0) is 16.1. The van der Waals surface area contributed by atoms with Crippen molar-refractivity contribution in [3.8, 4) is 0 Å². The average molecular weight is 303 g/mol. The quantitative estimate of drug-likeness (QED) is 0.679. The minimum Gasteiger partial charge on any atom is -0.313 e. The minimum atomic E-state index is -0.103. The van der Waals surface area contributed by atoms with Gasteiger partial charge in [0.05, 0.1) is 12.6 Å². The van der Waals surface area contributed by atoms with Crippen molar-refractivity contribution in [2.75, 3.05) is 0 Å². The van der Waals surface area contributed by atoms with E-state index in [0.29, 0.717) is 6.54 Å². The van der Waals surface area contributed by atoms with Crippen molar-refractivity contribution in [3.63, 3.8) is 0 Å². The molecule has 0 aliphatic carbocycles. The molecule has 1 heterocycles. The van der Waals surface area contributed by atoms with E-state index in [1.807, 2.05) is 0 Å². The van der Waals surface area contributed by atoms with Crippen LogP contribution < -0.4 is 0 Å². The third-order valence-electron chi connectivity index (χ3n) is 5.07. The first-order chi connectivity index (χ1) is 11.1. The summed E-state index contributed by atoms with van der Waals surface area (Å²) in [7, 11) is 0. The second-order valence-corrected chi connectivity index (χ2v) is 6.67. The van der Waals surface area contributed by atoms with E-state index in [4.69, 9.17) is 0 Å². The highest BCUT2D eigenvalue weighted by molar-refractivity contribution is 5.92. The summed E-state index contributed by atoms with van der Waals surface area (Å²) in [6.07, 6.45) is 0. The van der Waals surface area contributed by atoms with Crippen LogP contribution in [0.15, 0.2) is 48.5 Å². The fourth-order valence-electron chi connectivity index (χ4n) is 3.77. The van der Waals surface area contributed by atoms with Crippen LogP contribution in [0, 0.1) is 20.8 Å². The zero-order valence-electron chi connectivity index (χ0n) is 13.8. The first kappa shape index (κ1) is 14.4. The Morgan fingerprint density at radius 2 is 1.52 bits per heavy atom. The average Bonchev–Trinajstić information content (AvgIpc) is 2.54. The fraction of sp³-hybridized carbons (Fsp3) is 0.238. The van der Waals surface area contributed by atoms with Gasteiger partial charge in [-0.1, -0.05) is 54.1 Å². The predicted molar refractivity (Wildman–Crippen MR) is 93.8 cm³/mol. The summed E-state index contributed by atoms with van der Waals surface area (Å²) < 4.78 is 0. The Labute approximate surface area is 136 Å². The Bertz CT molecular complexity index is 891. The van der Waals surface area contributed by atoms with Gasteiger partial charge in [0, 0.05) is 0 Å². The van der Waals surface area contributed by atoms with Gasteiger partial charge in [0.25, 0.3) is 0 Å². The molecule has 2 nitrogen and oxygen atoms in total. The van der Waals surface area contributed by atoms with Crippen LogP contribution in [-0.2, 0) is 6.54 Å². The number of hydrogen-bond acceptors (Lipinski definition) is 2. The molecule has 1 atom stereocenters. The third kappa shape index (κ3) is 2.18. The molecule has 0 radical (unpaired) electrons. The Balaban J connectivity index is 2.04. The molecule has 0 amide bonds. The van der Waals surface area contributed by atoms with Crippen molar-refractivity contribution in [1.82, 2.24) is 5.06 Å². The maximum atomic E-state index is 10.8. The molecular weight excluding hydrogens is 282 g/mol. The van der Waals surface area contributed by atoms with Gasteiger partial charge in [-0.05, 0) is 59.4 Å². The number of aryl methyl sites for hydroxylation is 3. The van der Waals surface area contributed by atoms with Crippen LogP contribution >= 0.6 is 0 Å². The lowest BCUT2D eigenvalue weighted by molar-refractivity contribution is -0.127. The van der Waals surface area contributed by atoms with Gasteiger partial charge >= 0.3 is 0 Å². The largest absolute Gasteiger partial charge is 0.313 e. The molecule has 1 N–H and O–H groups in total. The van der Waals surface area contributed by atoms with Crippen molar-refractivity contribution >= 4 is 10.8 Å². The Morgan fingerprint density at radius 1 is 0.870 bits per heavy atom. The van der Waals surface area contributed by atoms with Gasteiger partial charge in [-0.3, -0.25) is 0 Å². The summed E-state index contributed by atoms with van der Waals surface area (Å²) in [5, 5.41) is 14.8. The van der Waals surface area contributed by atoms with Crippen molar-refractivity contribution in [1.29, 1.82) is 0 Å². The molecule has 3 aromatic rings. The smallest absolute Gasteiger partial charge is 0.0862 e. The number of hydrogen-bond donors (Lipinski definition) is 1. The first-order valence-corrected chi connectivity index (χ1v) is 8.10. The minimum absolute atomic E-state index is 0.103. The van der Waals surface area contributed by atoms with Crippen LogP contribution in [0.5, 0.6) is 0 Å². The lowest BCUT2D eigenvalue weighted by Crippen LogP contribution is -2.30. The summed E-state index contributed by atoms with van der Waals surface area (Å²) in [6.45, 7) is 6.92. The van der Waals surface area contributed by atoms with E-state index in [1.54, 1.807) is 0 Å². The Kier molecular flexibility index (Phi) is 3.26. The molecule has 23 heavy (non-hydrogen) atoms. The number of nitrogens with zero attached hydrogens (tertiary/aromatic N) is 1. The Hall–Kier alpha value is -2.16. The Morgan fingerprint density at radius 3 is 2.22 bits per heavy atom. The SMILES string of the molecule is Cc1ccc(C2c3c(C)ccc4ccc(C)c(c34)CN2O)cc1. The van der Waals surface area contributed by atoms with Crippen LogP contribution in [0.25, 0.3) is 10.8 Å². The van der Waals surface area contributed by atoms with E-state index in [2.05, 4.69) is 69.3 Å². The molecule has 4 rings (SSSR count). The summed E-state index contributed by atoms with van der Waals surface area (Å²) in [6, 6.07) is 17.1. The second kappa shape index (κ2) is 5.19. The standard InChI is InChI=1S/C21H21NO/c1-13-4-8-17(9-5-13)21-19-15(3)7-11-16-10-6-14(2)18(20(16)19)12-22(21)23/h4-11,21,23H,12H2,1-3H3. The van der Waals surface area contributed by atoms with E-state index in [9.17, 15) is 5.21 Å². The van der Waals surface area contributed by atoms with Crippen LogP contribution in [0.1, 0.15) is 39.4 Å². The maximum Gasteiger partial charge on any atom is 0.0862 e. The van der Waals surface area contributed by atoms with Crippen molar-refractivity contribution < 1.29 is 5.21 Å². The van der Waals surface area contributed by atoms with E-state index in [-0.39, 0.29) is 6.04 Å². The second-order valence-electron chi connectivity index (χ2n) is 6.67. The fourth-order valence-corrected chi connectivity index (χ4v) is 3.77. The molecule has 0 saturated heterocycles. The van der Waals surface area contributed by atoms with Crippen LogP contribution in [-0.4, -0.2) is 10.3 Å². The molecule has 2 heteroatoms. The van der Waals surface area contributed by atoms with Gasteiger partial charge in [0.1, 0.15) is 0 Å². The summed E-state index contributed by atoms with van der Waals surface area (Å²) in [4.78, 5) is 0. The van der Waals surface area contributed by atoms with Gasteiger partial charge < -0.3 is 5.21 Å². The van der Waals surface area contributed by atoms with Crippen LogP contribution in [0.4, 0.5) is 0 Å². The van der Waals surface area contributed by atoms with Gasteiger partial charge in [0.15, 0.2) is 0 Å². The number of benzene rings is 3. The summed E-state index contributed by atoms with van der Waals surface area (Å²) in [5.74, 6) is 0. The number of rotatable bonds is 1. The lowest BCUT2D eigenvalue weighted by atomic mass is 9.83. The van der Waals surface area contributed by atoms with Gasteiger partial charge in [-0.25, -0.2) is 0 Å². The highest BCUT2D eigenvalue weighted by Gasteiger charge is 2.31. The lowest BCUT2D eigenvalue weighted by Gasteiger charge is -2.35. The van der Waals surface area contributed by atoms with Crippen LogP contribution in [0.2, 0.25) is 0 Å². The molecule has 1 aliphatic rings. The molecule has 0 saturated carbocycles. The van der Waals surface area contributed by atoms with Gasteiger partial charge in [-0.2, -0.15) is 5.06 Å². The number of hydroxylamine groups is 2. The van der Waals surface area contributed by atoms with E-state index in [1.165, 1.54) is 43.7 Å². The molecular formula is C21H21NO. The first-order valence-electron chi connectivity index (χ1n) is 8.10. The maximum absolute atomic E-state index is 10.8. The van der Waals surface area contributed by atoms with Crippen molar-refractivity contribution in [3.05, 3.63) is 81.9 Å². The molecule has 0 spiro atoms. The van der Waals surface area contributed by atoms with E-state index >= 15 is 0 Å². The summed E-state index contributed by atoms with van der Waals surface area (Å²) >= 11 is 0. The highest BCUT2D eigenvalue weighted by atomic mass is 16.5. The molecule has 0 bridgehead atoms. The normalized spacial score (nSPS) is 17.7. The monoisotopic (exact) mass is 303 g/mol. The molecule has 0 aromatic heterocycles. The molecule has 1 unspecified atom stereocenters. The third-order valence-corrected chi connectivity index (χ3v) is 5.07. The van der Waals surface area contributed by atoms with E-state index in [0.717, 1.165) is 5.56 Å². The topological polar surface area (TPSA) is 23.5 Å². The zero-order valence-corrected chi connectivity index (χ0v) is 13.8. The summed E-state index contributed by atoms with van der Waals surface area (Å²) in [5.41, 5.74) is 7.33.